The van der Waals surface area contributed by atoms with Crippen LogP contribution in [-0.2, 0) is 19.1 Å². The first kappa shape index (κ1) is 19.2. The first-order chi connectivity index (χ1) is 13.8. The van der Waals surface area contributed by atoms with E-state index in [2.05, 4.69) is 19.9 Å². The molecule has 4 rings (SSSR count). The van der Waals surface area contributed by atoms with E-state index in [1.807, 2.05) is 18.3 Å². The zero-order valence-corrected chi connectivity index (χ0v) is 15.8. The van der Waals surface area contributed by atoms with Crippen molar-refractivity contribution >= 4 is 11.6 Å². The number of carbonyl (C=O) groups is 1. The summed E-state index contributed by atoms with van der Waals surface area (Å²) in [5, 5.41) is 2.70. The first-order valence-corrected chi connectivity index (χ1v) is 9.34. The Labute approximate surface area is 165 Å². The molecule has 0 bridgehead atoms. The molecule has 1 N–H and O–H groups in total. The van der Waals surface area contributed by atoms with Crippen molar-refractivity contribution in [2.75, 3.05) is 5.32 Å². The molecule has 0 unspecified atom stereocenters. The molecule has 0 saturated carbocycles. The molecule has 0 fully saturated rings. The van der Waals surface area contributed by atoms with Gasteiger partial charge < -0.3 is 9.88 Å². The van der Waals surface area contributed by atoms with Crippen molar-refractivity contribution in [3.63, 3.8) is 0 Å². The molecule has 1 aromatic carbocycles. The van der Waals surface area contributed by atoms with E-state index in [9.17, 15) is 18.0 Å². The van der Waals surface area contributed by atoms with Gasteiger partial charge in [-0.2, -0.15) is 13.2 Å². The van der Waals surface area contributed by atoms with Crippen LogP contribution in [0, 0.1) is 6.92 Å². The summed E-state index contributed by atoms with van der Waals surface area (Å²) < 4.78 is 40.4. The van der Waals surface area contributed by atoms with Gasteiger partial charge >= 0.3 is 6.18 Å². The number of halogens is 3. The number of anilines is 1. The standard InChI is InChI=1S/C21H19F3N4O/c1-13-17(9-10-18(26-13)21(22,23)24)20(29)27-15-7-5-14(6-8-15)19-25-12-16-4-2-3-11-28(16)19/h5-10,12H,2-4,11H2,1H3,(H,27,29). The van der Waals surface area contributed by atoms with Crippen molar-refractivity contribution in [3.05, 3.63) is 65.2 Å². The van der Waals surface area contributed by atoms with Gasteiger partial charge in [-0.05, 0) is 62.6 Å². The Morgan fingerprint density at radius 3 is 2.55 bits per heavy atom. The maximum Gasteiger partial charge on any atom is 0.433 e. The van der Waals surface area contributed by atoms with E-state index in [0.717, 1.165) is 42.9 Å². The molecule has 3 aromatic rings. The average Bonchev–Trinajstić information content (AvgIpc) is 3.12. The molecule has 150 valence electrons. The number of aromatic nitrogens is 3. The fraction of sp³-hybridized carbons (Fsp3) is 0.286. The zero-order chi connectivity index (χ0) is 20.6. The molecule has 1 aliphatic heterocycles. The van der Waals surface area contributed by atoms with Gasteiger partial charge in [0.1, 0.15) is 11.5 Å². The molecule has 0 atom stereocenters. The van der Waals surface area contributed by atoms with Gasteiger partial charge in [0.25, 0.3) is 5.91 Å². The highest BCUT2D eigenvalue weighted by atomic mass is 19.4. The van der Waals surface area contributed by atoms with Crippen LogP contribution in [0.4, 0.5) is 18.9 Å². The third kappa shape index (κ3) is 3.87. The normalized spacial score (nSPS) is 13.8. The predicted octanol–water partition coefficient (Wildman–Crippen LogP) is 4.86. The number of rotatable bonds is 3. The van der Waals surface area contributed by atoms with Gasteiger partial charge in [-0.15, -0.1) is 0 Å². The number of aryl methyl sites for hydroxylation is 2. The Bertz CT molecular complexity index is 1050. The van der Waals surface area contributed by atoms with Crippen molar-refractivity contribution in [3.8, 4) is 11.4 Å². The largest absolute Gasteiger partial charge is 0.433 e. The third-order valence-corrected chi connectivity index (χ3v) is 5.02. The van der Waals surface area contributed by atoms with Gasteiger partial charge in [0.05, 0.1) is 11.3 Å². The summed E-state index contributed by atoms with van der Waals surface area (Å²) in [5.74, 6) is 0.398. The van der Waals surface area contributed by atoms with E-state index in [1.165, 1.54) is 19.0 Å². The molecule has 1 aliphatic rings. The Balaban J connectivity index is 1.51. The van der Waals surface area contributed by atoms with Crippen molar-refractivity contribution in [1.82, 2.24) is 14.5 Å². The molecule has 0 spiro atoms. The molecule has 0 aliphatic carbocycles. The number of imidazole rings is 1. The highest BCUT2D eigenvalue weighted by molar-refractivity contribution is 6.05. The number of nitrogens with zero attached hydrogens (tertiary/aromatic N) is 3. The molecule has 3 heterocycles. The number of pyridine rings is 1. The van der Waals surface area contributed by atoms with Gasteiger partial charge in [-0.25, -0.2) is 9.97 Å². The fourth-order valence-electron chi connectivity index (χ4n) is 3.53. The molecule has 5 nitrogen and oxygen atoms in total. The summed E-state index contributed by atoms with van der Waals surface area (Å²) in [7, 11) is 0. The van der Waals surface area contributed by atoms with Crippen LogP contribution in [0.5, 0.6) is 0 Å². The lowest BCUT2D eigenvalue weighted by atomic mass is 10.1. The quantitative estimate of drug-likeness (QED) is 0.683. The maximum atomic E-state index is 12.7. The summed E-state index contributed by atoms with van der Waals surface area (Å²) in [6.07, 6.45) is 0.702. The van der Waals surface area contributed by atoms with Crippen LogP contribution < -0.4 is 5.32 Å². The summed E-state index contributed by atoms with van der Waals surface area (Å²) >= 11 is 0. The molecule has 0 saturated heterocycles. The minimum atomic E-state index is -4.54. The molecule has 8 heteroatoms. The lowest BCUT2D eigenvalue weighted by Crippen LogP contribution is -2.16. The minimum absolute atomic E-state index is 0.0259. The van der Waals surface area contributed by atoms with E-state index in [1.54, 1.807) is 12.1 Å². The van der Waals surface area contributed by atoms with Crippen LogP contribution in [0.1, 0.15) is 40.3 Å². The highest BCUT2D eigenvalue weighted by Gasteiger charge is 2.33. The summed E-state index contributed by atoms with van der Waals surface area (Å²) in [5.41, 5.74) is 1.84. The van der Waals surface area contributed by atoms with Gasteiger partial charge in [0.2, 0.25) is 0 Å². The van der Waals surface area contributed by atoms with Crippen molar-refractivity contribution < 1.29 is 18.0 Å². The van der Waals surface area contributed by atoms with E-state index < -0.39 is 17.8 Å². The molecule has 1 amide bonds. The van der Waals surface area contributed by atoms with E-state index in [4.69, 9.17) is 0 Å². The van der Waals surface area contributed by atoms with Crippen LogP contribution in [0.2, 0.25) is 0 Å². The van der Waals surface area contributed by atoms with Gasteiger partial charge in [0, 0.05) is 29.7 Å². The molecule has 29 heavy (non-hydrogen) atoms. The number of benzene rings is 1. The third-order valence-electron chi connectivity index (χ3n) is 5.02. The number of alkyl halides is 3. The summed E-state index contributed by atoms with van der Waals surface area (Å²) in [6, 6.07) is 9.21. The summed E-state index contributed by atoms with van der Waals surface area (Å²) in [4.78, 5) is 20.5. The summed E-state index contributed by atoms with van der Waals surface area (Å²) in [6.45, 7) is 2.33. The minimum Gasteiger partial charge on any atom is -0.328 e. The Morgan fingerprint density at radius 1 is 1.10 bits per heavy atom. The maximum absolute atomic E-state index is 12.7. The average molecular weight is 400 g/mol. The number of hydrogen-bond donors (Lipinski definition) is 1. The second kappa shape index (κ2) is 7.35. The number of carbonyl (C=O) groups excluding carboxylic acids is 1. The number of hydrogen-bond acceptors (Lipinski definition) is 3. The Kier molecular flexibility index (Phi) is 4.86. The van der Waals surface area contributed by atoms with Crippen LogP contribution in [0.25, 0.3) is 11.4 Å². The molecule has 2 aromatic heterocycles. The lowest BCUT2D eigenvalue weighted by molar-refractivity contribution is -0.141. The zero-order valence-electron chi connectivity index (χ0n) is 15.8. The van der Waals surface area contributed by atoms with Crippen LogP contribution in [-0.4, -0.2) is 20.4 Å². The lowest BCUT2D eigenvalue weighted by Gasteiger charge is -2.16. The van der Waals surface area contributed by atoms with Crippen LogP contribution in [0.15, 0.2) is 42.6 Å². The highest BCUT2D eigenvalue weighted by Crippen LogP contribution is 2.29. The van der Waals surface area contributed by atoms with Crippen molar-refractivity contribution in [1.29, 1.82) is 0 Å². The molecular formula is C21H19F3N4O. The number of amides is 1. The molecule has 0 radical (unpaired) electrons. The SMILES string of the molecule is Cc1nc(C(F)(F)F)ccc1C(=O)Nc1ccc(-c2ncc3n2CCCC3)cc1. The fourth-order valence-corrected chi connectivity index (χ4v) is 3.53. The van der Waals surface area contributed by atoms with E-state index >= 15 is 0 Å². The van der Waals surface area contributed by atoms with Crippen molar-refractivity contribution in [2.45, 2.75) is 38.9 Å². The van der Waals surface area contributed by atoms with E-state index in [-0.39, 0.29) is 11.3 Å². The van der Waals surface area contributed by atoms with Crippen LogP contribution >= 0.6 is 0 Å². The monoisotopic (exact) mass is 400 g/mol. The molecular weight excluding hydrogens is 381 g/mol. The second-order valence-electron chi connectivity index (χ2n) is 7.04. The van der Waals surface area contributed by atoms with E-state index in [0.29, 0.717) is 5.69 Å². The smallest absolute Gasteiger partial charge is 0.328 e. The van der Waals surface area contributed by atoms with Gasteiger partial charge in [0.15, 0.2) is 0 Å². The van der Waals surface area contributed by atoms with Crippen molar-refractivity contribution in [2.24, 2.45) is 0 Å². The van der Waals surface area contributed by atoms with Gasteiger partial charge in [-0.3, -0.25) is 4.79 Å². The Morgan fingerprint density at radius 2 is 1.86 bits per heavy atom. The predicted molar refractivity (Wildman–Crippen MR) is 103 cm³/mol. The number of nitrogens with one attached hydrogen (secondary N) is 1. The topological polar surface area (TPSA) is 59.8 Å². The second-order valence-corrected chi connectivity index (χ2v) is 7.04. The van der Waals surface area contributed by atoms with Gasteiger partial charge in [-0.1, -0.05) is 0 Å². The number of fused-ring (bicyclic) bond motifs is 1. The first-order valence-electron chi connectivity index (χ1n) is 9.34. The van der Waals surface area contributed by atoms with Crippen LogP contribution in [0.3, 0.4) is 0 Å². The Hall–Kier alpha value is -3.16.